The zero-order valence-electron chi connectivity index (χ0n) is 22.8. The Hall–Kier alpha value is -2.53. The Kier molecular flexibility index (Phi) is 9.80. The average molecular weight is 644 g/mol. The fourth-order valence-corrected chi connectivity index (χ4v) is 10.4. The molecule has 8 nitrogen and oxygen atoms in total. The molecule has 0 aliphatic carbocycles. The standard InChI is InChI=1S/C29H30F4O8P2/c30-26-19-22(28(42(35)38-14-1-15-39-42)43(36)40-16-2-17-41-43)7-12-25(26)27(34)13-18-37-24-10-5-21(6-11-24)20-3-8-23(9-4-20)29(31,32)33/h3-12,19,28,35-36H,1-2,13-18H2. The molecule has 2 saturated heterocycles. The van der Waals surface area contributed by atoms with Crippen LogP contribution in [0.2, 0.25) is 0 Å². The summed E-state index contributed by atoms with van der Waals surface area (Å²) in [5.74, 6) is -0.962. The Morgan fingerprint density at radius 2 is 1.33 bits per heavy atom. The molecule has 3 aromatic carbocycles. The summed E-state index contributed by atoms with van der Waals surface area (Å²) < 4.78 is 81.6. The van der Waals surface area contributed by atoms with Crippen molar-refractivity contribution in [1.29, 1.82) is 0 Å². The molecule has 2 fully saturated rings. The van der Waals surface area contributed by atoms with Crippen LogP contribution in [-0.2, 0) is 24.3 Å². The molecular formula is C29H30F4O8P2. The maximum Gasteiger partial charge on any atom is 0.416 e. The van der Waals surface area contributed by atoms with Gasteiger partial charge in [-0.2, -0.15) is 13.2 Å². The van der Waals surface area contributed by atoms with Gasteiger partial charge in [0, 0.05) is 6.42 Å². The first-order chi connectivity index (χ1) is 20.5. The quantitative estimate of drug-likeness (QED) is 0.140. The van der Waals surface area contributed by atoms with E-state index in [9.17, 15) is 27.8 Å². The molecule has 0 bridgehead atoms. The molecule has 3 aromatic rings. The number of alkyl halides is 3. The van der Waals surface area contributed by atoms with Crippen LogP contribution in [0.4, 0.5) is 17.6 Å². The number of Topliss-reactive ketones (excluding diaryl/α,β-unsaturated/α-hetero) is 1. The Labute approximate surface area is 246 Å². The Morgan fingerprint density at radius 3 is 1.81 bits per heavy atom. The topological polar surface area (TPSA) is 104 Å². The second-order valence-electron chi connectivity index (χ2n) is 9.90. The second-order valence-corrected chi connectivity index (χ2v) is 14.6. The van der Waals surface area contributed by atoms with Crippen molar-refractivity contribution in [3.8, 4) is 16.9 Å². The summed E-state index contributed by atoms with van der Waals surface area (Å²) in [6.07, 6.45) is -3.47. The van der Waals surface area contributed by atoms with Gasteiger partial charge in [-0.3, -0.25) is 4.79 Å². The van der Waals surface area contributed by atoms with E-state index < -0.39 is 44.6 Å². The van der Waals surface area contributed by atoms with Crippen molar-refractivity contribution < 1.29 is 55.0 Å². The van der Waals surface area contributed by atoms with Gasteiger partial charge in [-0.25, -0.2) is 4.39 Å². The minimum absolute atomic E-state index is 0.0534. The van der Waals surface area contributed by atoms with E-state index in [1.165, 1.54) is 24.3 Å². The molecule has 0 unspecified atom stereocenters. The highest BCUT2D eigenvalue weighted by Crippen LogP contribution is 2.87. The summed E-state index contributed by atoms with van der Waals surface area (Å²) in [5.41, 5.74) is 0.487. The predicted molar refractivity (Wildman–Crippen MR) is 152 cm³/mol. The average Bonchev–Trinajstić information content (AvgIpc) is 2.98. The van der Waals surface area contributed by atoms with Crippen molar-refractivity contribution in [2.24, 2.45) is 0 Å². The minimum atomic E-state index is -4.41. The summed E-state index contributed by atoms with van der Waals surface area (Å²) in [7, 11) is -7.48. The van der Waals surface area contributed by atoms with Gasteiger partial charge in [0.1, 0.15) is 11.6 Å². The summed E-state index contributed by atoms with van der Waals surface area (Å²) in [6.45, 7) is 0.715. The molecule has 2 aliphatic heterocycles. The van der Waals surface area contributed by atoms with E-state index in [0.717, 1.165) is 18.2 Å². The van der Waals surface area contributed by atoms with E-state index in [1.807, 2.05) is 0 Å². The van der Waals surface area contributed by atoms with Gasteiger partial charge in [-0.05, 0) is 65.9 Å². The predicted octanol–water partition coefficient (Wildman–Crippen LogP) is 7.55. The third kappa shape index (κ3) is 7.41. The molecule has 2 aliphatic rings. The van der Waals surface area contributed by atoms with Gasteiger partial charge >= 0.3 is 6.18 Å². The molecular weight excluding hydrogens is 614 g/mol. The molecule has 43 heavy (non-hydrogen) atoms. The van der Waals surface area contributed by atoms with Crippen LogP contribution in [0.3, 0.4) is 0 Å². The number of hydrogen-bond acceptors (Lipinski definition) is 8. The summed E-state index contributed by atoms with van der Waals surface area (Å²) in [6, 6.07) is 15.1. The van der Waals surface area contributed by atoms with Crippen LogP contribution in [0, 0.1) is 5.82 Å². The van der Waals surface area contributed by atoms with Gasteiger partial charge in [-0.15, -0.1) is 0 Å². The van der Waals surface area contributed by atoms with Crippen molar-refractivity contribution in [2.75, 3.05) is 33.0 Å². The van der Waals surface area contributed by atoms with E-state index in [1.54, 1.807) is 24.3 Å². The fraction of sp³-hybridized carbons (Fsp3) is 0.345. The third-order valence-electron chi connectivity index (χ3n) is 6.89. The van der Waals surface area contributed by atoms with E-state index in [0.29, 0.717) is 29.7 Å². The highest BCUT2D eigenvalue weighted by molar-refractivity contribution is 7.78. The molecule has 0 aromatic heterocycles. The molecule has 0 amide bonds. The first-order valence-electron chi connectivity index (χ1n) is 13.5. The van der Waals surface area contributed by atoms with Crippen LogP contribution in [0.25, 0.3) is 11.1 Å². The SMILES string of the molecule is O=C(CCOc1ccc(-c2ccc(C(F)(F)F)cc2)cc1)c1ccc(C([P]2(O)OCCCO2)[P]2(O)OCCCO2)cc1F. The lowest BCUT2D eigenvalue weighted by Crippen LogP contribution is -2.25. The molecule has 2 N–H and O–H groups in total. The number of rotatable bonds is 9. The lowest BCUT2D eigenvalue weighted by Gasteiger charge is -2.47. The number of benzene rings is 3. The summed E-state index contributed by atoms with van der Waals surface area (Å²) in [4.78, 5) is 35.3. The molecule has 14 heteroatoms. The normalized spacial score (nSPS) is 18.4. The van der Waals surface area contributed by atoms with E-state index in [4.69, 9.17) is 22.8 Å². The maximum absolute atomic E-state index is 15.3. The van der Waals surface area contributed by atoms with E-state index >= 15 is 4.39 Å². The zero-order chi connectivity index (χ0) is 30.7. The molecule has 0 spiro atoms. The monoisotopic (exact) mass is 644 g/mol. The van der Waals surface area contributed by atoms with Crippen LogP contribution >= 0.6 is 15.9 Å². The molecule has 0 atom stereocenters. The van der Waals surface area contributed by atoms with Crippen molar-refractivity contribution >= 4 is 21.7 Å². The van der Waals surface area contributed by atoms with E-state index in [-0.39, 0.29) is 50.6 Å². The van der Waals surface area contributed by atoms with Gasteiger partial charge in [0.05, 0.1) is 44.2 Å². The number of carbonyl (C=O) groups is 1. The van der Waals surface area contributed by atoms with Gasteiger partial charge < -0.3 is 32.6 Å². The summed E-state index contributed by atoms with van der Waals surface area (Å²) in [5, 5.41) is -1.28. The van der Waals surface area contributed by atoms with E-state index in [2.05, 4.69) is 0 Å². The second kappa shape index (κ2) is 13.2. The molecule has 0 saturated carbocycles. The number of hydrogen-bond donors (Lipinski definition) is 2. The maximum atomic E-state index is 15.3. The Morgan fingerprint density at radius 1 is 0.814 bits per heavy atom. The first-order valence-corrected chi connectivity index (χ1v) is 16.8. The number of ketones is 1. The van der Waals surface area contributed by atoms with Crippen LogP contribution in [0.15, 0.2) is 66.7 Å². The summed E-state index contributed by atoms with van der Waals surface area (Å²) >= 11 is 0. The smallest absolute Gasteiger partial charge is 0.416 e. The third-order valence-corrected chi connectivity index (χ3v) is 12.7. The lowest BCUT2D eigenvalue weighted by atomic mass is 10.0. The Balaban J connectivity index is 1.23. The van der Waals surface area contributed by atoms with Crippen LogP contribution in [0.1, 0.15) is 46.1 Å². The van der Waals surface area contributed by atoms with Crippen LogP contribution in [0.5, 0.6) is 5.75 Å². The number of carbonyl (C=O) groups excluding carboxylic acids is 1. The van der Waals surface area contributed by atoms with Crippen molar-refractivity contribution in [3.05, 3.63) is 89.2 Å². The number of halogens is 4. The largest absolute Gasteiger partial charge is 0.493 e. The van der Waals surface area contributed by atoms with Crippen LogP contribution < -0.4 is 4.74 Å². The van der Waals surface area contributed by atoms with Crippen molar-refractivity contribution in [3.63, 3.8) is 0 Å². The molecule has 232 valence electrons. The highest BCUT2D eigenvalue weighted by atomic mass is 31.3. The highest BCUT2D eigenvalue weighted by Gasteiger charge is 2.56. The number of ether oxygens (including phenoxy) is 1. The zero-order valence-corrected chi connectivity index (χ0v) is 24.6. The first kappa shape index (κ1) is 31.9. The van der Waals surface area contributed by atoms with Gasteiger partial charge in [0.25, 0.3) is 0 Å². The van der Waals surface area contributed by atoms with Crippen LogP contribution in [-0.4, -0.2) is 48.6 Å². The fourth-order valence-electron chi connectivity index (χ4n) is 4.73. The van der Waals surface area contributed by atoms with Gasteiger partial charge in [0.15, 0.2) is 11.2 Å². The van der Waals surface area contributed by atoms with Crippen molar-refractivity contribution in [2.45, 2.75) is 30.8 Å². The lowest BCUT2D eigenvalue weighted by molar-refractivity contribution is -0.137. The molecule has 5 rings (SSSR count). The minimum Gasteiger partial charge on any atom is -0.493 e. The van der Waals surface area contributed by atoms with Gasteiger partial charge in [0.2, 0.25) is 15.9 Å². The molecule has 2 heterocycles. The Bertz CT molecular complexity index is 1380. The molecule has 2 radical (unpaired) electrons. The van der Waals surface area contributed by atoms with Gasteiger partial charge in [-0.1, -0.05) is 30.3 Å². The van der Waals surface area contributed by atoms with Crippen molar-refractivity contribution in [1.82, 2.24) is 0 Å².